The van der Waals surface area contributed by atoms with Crippen LogP contribution in [-0.2, 0) is 4.74 Å². The highest BCUT2D eigenvalue weighted by molar-refractivity contribution is 5.97. The lowest BCUT2D eigenvalue weighted by atomic mass is 9.91. The molecule has 1 fully saturated rings. The van der Waals surface area contributed by atoms with Gasteiger partial charge in [-0.15, -0.1) is 0 Å². The van der Waals surface area contributed by atoms with Gasteiger partial charge in [-0.2, -0.15) is 0 Å². The zero-order valence-corrected chi connectivity index (χ0v) is 10.0. The van der Waals surface area contributed by atoms with Crippen LogP contribution in [0, 0.1) is 18.7 Å². The van der Waals surface area contributed by atoms with Crippen LogP contribution in [0.3, 0.4) is 0 Å². The first-order chi connectivity index (χ1) is 8.16. The average molecular weight is 236 g/mol. The van der Waals surface area contributed by atoms with E-state index in [1.807, 2.05) is 6.92 Å². The molecule has 0 radical (unpaired) electrons. The van der Waals surface area contributed by atoms with Crippen LogP contribution >= 0.6 is 0 Å². The van der Waals surface area contributed by atoms with Crippen molar-refractivity contribution in [2.45, 2.75) is 26.2 Å². The lowest BCUT2D eigenvalue weighted by Gasteiger charge is -2.21. The molecule has 0 unspecified atom stereocenters. The van der Waals surface area contributed by atoms with Gasteiger partial charge in [-0.05, 0) is 43.4 Å². The number of hydrogen-bond donors (Lipinski definition) is 0. The van der Waals surface area contributed by atoms with E-state index in [1.54, 1.807) is 6.07 Å². The Labute approximate surface area is 101 Å². The highest BCUT2D eigenvalue weighted by atomic mass is 19.1. The molecule has 1 aromatic carbocycles. The molecule has 0 N–H and O–H groups in total. The van der Waals surface area contributed by atoms with Crippen LogP contribution in [0.2, 0.25) is 0 Å². The largest absolute Gasteiger partial charge is 0.381 e. The van der Waals surface area contributed by atoms with Gasteiger partial charge in [0.05, 0.1) is 0 Å². The quantitative estimate of drug-likeness (QED) is 0.754. The molecule has 1 aliphatic heterocycles. The van der Waals surface area contributed by atoms with Crippen LogP contribution in [0.5, 0.6) is 0 Å². The zero-order valence-electron chi connectivity index (χ0n) is 10.0. The summed E-state index contributed by atoms with van der Waals surface area (Å²) in [6.45, 7) is 3.32. The molecule has 0 aliphatic carbocycles. The predicted molar refractivity (Wildman–Crippen MR) is 63.6 cm³/mol. The van der Waals surface area contributed by atoms with Gasteiger partial charge in [0.15, 0.2) is 5.78 Å². The van der Waals surface area contributed by atoms with Crippen LogP contribution < -0.4 is 0 Å². The second-order valence-corrected chi connectivity index (χ2v) is 4.64. The molecule has 2 nitrogen and oxygen atoms in total. The van der Waals surface area contributed by atoms with Crippen molar-refractivity contribution < 1.29 is 13.9 Å². The smallest absolute Gasteiger partial charge is 0.163 e. The normalized spacial score (nSPS) is 17.1. The Bertz CT molecular complexity index is 409. The fourth-order valence-corrected chi connectivity index (χ4v) is 2.22. The van der Waals surface area contributed by atoms with Crippen molar-refractivity contribution in [3.8, 4) is 0 Å². The minimum Gasteiger partial charge on any atom is -0.381 e. The highest BCUT2D eigenvalue weighted by Crippen LogP contribution is 2.22. The summed E-state index contributed by atoms with van der Waals surface area (Å²) in [6, 6.07) is 4.39. The monoisotopic (exact) mass is 236 g/mol. The second-order valence-electron chi connectivity index (χ2n) is 4.64. The first-order valence-electron chi connectivity index (χ1n) is 6.04. The lowest BCUT2D eigenvalue weighted by Crippen LogP contribution is -2.19. The molecule has 1 heterocycles. The SMILES string of the molecule is Cc1ccc(F)cc1C(=O)CC1CCOCC1. The summed E-state index contributed by atoms with van der Waals surface area (Å²) >= 11 is 0. The Morgan fingerprint density at radius 2 is 2.12 bits per heavy atom. The fraction of sp³-hybridized carbons (Fsp3) is 0.500. The maximum atomic E-state index is 13.1. The van der Waals surface area contributed by atoms with Crippen molar-refractivity contribution in [2.75, 3.05) is 13.2 Å². The number of carbonyl (C=O) groups excluding carboxylic acids is 1. The van der Waals surface area contributed by atoms with E-state index in [-0.39, 0.29) is 11.6 Å². The number of hydrogen-bond acceptors (Lipinski definition) is 2. The summed E-state index contributed by atoms with van der Waals surface area (Å²) in [5.41, 5.74) is 1.37. The van der Waals surface area contributed by atoms with Crippen molar-refractivity contribution in [3.63, 3.8) is 0 Å². The number of ketones is 1. The first kappa shape index (κ1) is 12.2. The standard InChI is InChI=1S/C14H17FO2/c1-10-2-3-12(15)9-13(10)14(16)8-11-4-6-17-7-5-11/h2-3,9,11H,4-8H2,1H3. The number of Topliss-reactive ketones (excluding diaryl/α,β-unsaturated/α-hetero) is 1. The minimum absolute atomic E-state index is 0.0499. The predicted octanol–water partition coefficient (Wildman–Crippen LogP) is 3.13. The third kappa shape index (κ3) is 3.13. The Morgan fingerprint density at radius 1 is 1.41 bits per heavy atom. The second kappa shape index (κ2) is 5.41. The molecule has 2 rings (SSSR count). The van der Waals surface area contributed by atoms with Gasteiger partial charge < -0.3 is 4.74 Å². The van der Waals surface area contributed by atoms with Crippen molar-refractivity contribution in [3.05, 3.63) is 35.1 Å². The maximum absolute atomic E-state index is 13.1. The molecule has 1 aromatic rings. The van der Waals surface area contributed by atoms with Crippen LogP contribution in [0.25, 0.3) is 0 Å². The molecule has 0 saturated carbocycles. The Hall–Kier alpha value is -1.22. The van der Waals surface area contributed by atoms with E-state index in [1.165, 1.54) is 12.1 Å². The summed E-state index contributed by atoms with van der Waals surface area (Å²) in [7, 11) is 0. The third-order valence-electron chi connectivity index (χ3n) is 3.31. The van der Waals surface area contributed by atoms with E-state index in [2.05, 4.69) is 0 Å². The minimum atomic E-state index is -0.342. The van der Waals surface area contributed by atoms with Gasteiger partial charge in [0.2, 0.25) is 0 Å². The fourth-order valence-electron chi connectivity index (χ4n) is 2.22. The van der Waals surface area contributed by atoms with Gasteiger partial charge in [0, 0.05) is 25.2 Å². The van der Waals surface area contributed by atoms with E-state index < -0.39 is 0 Å². The number of ether oxygens (including phenoxy) is 1. The molecular formula is C14H17FO2. The van der Waals surface area contributed by atoms with Crippen molar-refractivity contribution in [1.82, 2.24) is 0 Å². The van der Waals surface area contributed by atoms with Crippen molar-refractivity contribution >= 4 is 5.78 Å². The van der Waals surface area contributed by atoms with Crippen LogP contribution in [0.15, 0.2) is 18.2 Å². The molecule has 0 atom stereocenters. The van der Waals surface area contributed by atoms with Gasteiger partial charge in [0.1, 0.15) is 5.82 Å². The van der Waals surface area contributed by atoms with Crippen molar-refractivity contribution in [1.29, 1.82) is 0 Å². The molecule has 0 amide bonds. The van der Waals surface area contributed by atoms with E-state index in [0.29, 0.717) is 17.9 Å². The van der Waals surface area contributed by atoms with E-state index in [9.17, 15) is 9.18 Å². The summed E-state index contributed by atoms with van der Waals surface area (Å²) in [4.78, 5) is 12.1. The van der Waals surface area contributed by atoms with Crippen LogP contribution in [0.4, 0.5) is 4.39 Å². The van der Waals surface area contributed by atoms with Gasteiger partial charge in [-0.1, -0.05) is 6.07 Å². The number of benzene rings is 1. The summed E-state index contributed by atoms with van der Waals surface area (Å²) in [5, 5.41) is 0. The van der Waals surface area contributed by atoms with Gasteiger partial charge in [0.25, 0.3) is 0 Å². The average Bonchev–Trinajstić information content (AvgIpc) is 2.33. The number of rotatable bonds is 3. The topological polar surface area (TPSA) is 26.3 Å². The molecule has 17 heavy (non-hydrogen) atoms. The number of aryl methyl sites for hydroxylation is 1. The van der Waals surface area contributed by atoms with Crippen LogP contribution in [-0.4, -0.2) is 19.0 Å². The molecule has 0 spiro atoms. The van der Waals surface area contributed by atoms with Gasteiger partial charge in [-0.25, -0.2) is 4.39 Å². The van der Waals surface area contributed by atoms with Crippen LogP contribution in [0.1, 0.15) is 35.2 Å². The van der Waals surface area contributed by atoms with E-state index in [0.717, 1.165) is 31.6 Å². The van der Waals surface area contributed by atoms with Gasteiger partial charge >= 0.3 is 0 Å². The van der Waals surface area contributed by atoms with E-state index >= 15 is 0 Å². The number of carbonyl (C=O) groups is 1. The maximum Gasteiger partial charge on any atom is 0.163 e. The first-order valence-corrected chi connectivity index (χ1v) is 6.04. The molecule has 1 aliphatic rings. The lowest BCUT2D eigenvalue weighted by molar-refractivity contribution is 0.0600. The molecule has 3 heteroatoms. The molecular weight excluding hydrogens is 219 g/mol. The van der Waals surface area contributed by atoms with Gasteiger partial charge in [-0.3, -0.25) is 4.79 Å². The zero-order chi connectivity index (χ0) is 12.3. The van der Waals surface area contributed by atoms with E-state index in [4.69, 9.17) is 4.74 Å². The Morgan fingerprint density at radius 3 is 2.82 bits per heavy atom. The molecule has 0 aromatic heterocycles. The molecule has 1 saturated heterocycles. The summed E-state index contributed by atoms with van der Waals surface area (Å²) in [6.07, 6.45) is 2.37. The Balaban J connectivity index is 2.05. The molecule has 0 bridgehead atoms. The van der Waals surface area contributed by atoms with Crippen molar-refractivity contribution in [2.24, 2.45) is 5.92 Å². The summed E-state index contributed by atoms with van der Waals surface area (Å²) in [5.74, 6) is 0.0961. The summed E-state index contributed by atoms with van der Waals surface area (Å²) < 4.78 is 18.4. The molecule has 92 valence electrons. The Kier molecular flexibility index (Phi) is 3.89. The number of halogens is 1. The highest BCUT2D eigenvalue weighted by Gasteiger charge is 2.19. The third-order valence-corrected chi connectivity index (χ3v) is 3.31.